The maximum Gasteiger partial charge on any atom is 0.242 e. The maximum absolute atomic E-state index is 12.1. The van der Waals surface area contributed by atoms with Gasteiger partial charge in [-0.2, -0.15) is 0 Å². The average Bonchev–Trinajstić information content (AvgIpc) is 2.98. The van der Waals surface area contributed by atoms with Gasteiger partial charge in [-0.05, 0) is 37.1 Å². The van der Waals surface area contributed by atoms with Gasteiger partial charge >= 0.3 is 0 Å². The molecule has 0 saturated heterocycles. The van der Waals surface area contributed by atoms with Crippen molar-refractivity contribution in [2.45, 2.75) is 36.6 Å². The van der Waals surface area contributed by atoms with Crippen LogP contribution in [0, 0.1) is 0 Å². The summed E-state index contributed by atoms with van der Waals surface area (Å²) in [4.78, 5) is 2.75. The molecule has 0 aromatic heterocycles. The Kier molecular flexibility index (Phi) is 5.68. The second kappa shape index (κ2) is 7.11. The highest BCUT2D eigenvalue weighted by molar-refractivity contribution is 9.09. The van der Waals surface area contributed by atoms with Crippen LogP contribution in [0.4, 0.5) is 5.69 Å². The van der Waals surface area contributed by atoms with Gasteiger partial charge in [0.05, 0.1) is 4.90 Å². The first-order valence-corrected chi connectivity index (χ1v) is 9.88. The second-order valence-electron chi connectivity index (χ2n) is 5.60. The first-order chi connectivity index (χ1) is 9.96. The van der Waals surface area contributed by atoms with Crippen LogP contribution in [0.3, 0.4) is 0 Å². The van der Waals surface area contributed by atoms with Gasteiger partial charge in [-0.15, -0.1) is 0 Å². The van der Waals surface area contributed by atoms with Gasteiger partial charge in [0.25, 0.3) is 0 Å². The quantitative estimate of drug-likeness (QED) is 0.718. The van der Waals surface area contributed by atoms with Gasteiger partial charge in [0.2, 0.25) is 10.0 Å². The van der Waals surface area contributed by atoms with Gasteiger partial charge in [-0.25, -0.2) is 12.7 Å². The molecule has 6 heteroatoms. The Morgan fingerprint density at radius 1 is 1.14 bits per heavy atom. The molecular formula is C15H23BrN2O2S. The topological polar surface area (TPSA) is 40.6 Å². The van der Waals surface area contributed by atoms with Crippen LogP contribution >= 0.6 is 15.9 Å². The van der Waals surface area contributed by atoms with Crippen molar-refractivity contribution in [1.82, 2.24) is 4.31 Å². The van der Waals surface area contributed by atoms with Gasteiger partial charge in [-0.1, -0.05) is 28.8 Å². The highest BCUT2D eigenvalue weighted by Gasteiger charge is 2.23. The number of nitrogens with zero attached hydrogens (tertiary/aromatic N) is 2. The average molecular weight is 375 g/mol. The maximum atomic E-state index is 12.1. The Morgan fingerprint density at radius 3 is 2.19 bits per heavy atom. The van der Waals surface area contributed by atoms with Crippen LogP contribution < -0.4 is 4.90 Å². The zero-order valence-corrected chi connectivity index (χ0v) is 15.0. The molecule has 0 unspecified atom stereocenters. The third-order valence-corrected chi connectivity index (χ3v) is 6.22. The van der Waals surface area contributed by atoms with Crippen molar-refractivity contribution in [3.63, 3.8) is 0 Å². The molecule has 1 fully saturated rings. The molecule has 0 radical (unpaired) electrons. The Bertz CT molecular complexity index is 552. The molecule has 1 saturated carbocycles. The van der Waals surface area contributed by atoms with Crippen molar-refractivity contribution in [3.8, 4) is 0 Å². The smallest absolute Gasteiger partial charge is 0.242 e. The number of anilines is 1. The Morgan fingerprint density at radius 2 is 1.71 bits per heavy atom. The van der Waals surface area contributed by atoms with Crippen LogP contribution in [0.5, 0.6) is 0 Å². The molecule has 2 rings (SSSR count). The summed E-state index contributed by atoms with van der Waals surface area (Å²) in [5, 5.41) is 0.918. The van der Waals surface area contributed by atoms with Gasteiger partial charge in [-0.3, -0.25) is 0 Å². The monoisotopic (exact) mass is 374 g/mol. The fourth-order valence-electron chi connectivity index (χ4n) is 2.85. The molecular weight excluding hydrogens is 352 g/mol. The predicted octanol–water partition coefficient (Wildman–Crippen LogP) is 3.08. The minimum Gasteiger partial charge on any atom is -0.368 e. The molecule has 1 aromatic rings. The molecule has 1 aliphatic carbocycles. The molecule has 4 nitrogen and oxygen atoms in total. The molecule has 21 heavy (non-hydrogen) atoms. The molecule has 0 bridgehead atoms. The lowest BCUT2D eigenvalue weighted by Crippen LogP contribution is -2.34. The van der Waals surface area contributed by atoms with Crippen LogP contribution in [0.2, 0.25) is 0 Å². The third-order valence-electron chi connectivity index (χ3n) is 4.04. The van der Waals surface area contributed by atoms with E-state index in [9.17, 15) is 8.42 Å². The van der Waals surface area contributed by atoms with Crippen LogP contribution in [-0.2, 0) is 10.0 Å². The molecule has 0 amide bonds. The van der Waals surface area contributed by atoms with E-state index in [1.54, 1.807) is 26.2 Å². The summed E-state index contributed by atoms with van der Waals surface area (Å²) < 4.78 is 25.4. The van der Waals surface area contributed by atoms with Gasteiger partial charge in [0.15, 0.2) is 0 Å². The zero-order chi connectivity index (χ0) is 15.5. The highest BCUT2D eigenvalue weighted by atomic mass is 79.9. The Hall–Kier alpha value is -0.590. The Balaban J connectivity index is 2.23. The highest BCUT2D eigenvalue weighted by Crippen LogP contribution is 2.29. The van der Waals surface area contributed by atoms with E-state index in [-0.39, 0.29) is 0 Å². The van der Waals surface area contributed by atoms with Crippen molar-refractivity contribution in [1.29, 1.82) is 0 Å². The summed E-state index contributed by atoms with van der Waals surface area (Å²) in [5.41, 5.74) is 1.11. The predicted molar refractivity (Wildman–Crippen MR) is 90.7 cm³/mol. The summed E-state index contributed by atoms with van der Waals surface area (Å²) in [5.74, 6) is 0. The lowest BCUT2D eigenvalue weighted by Gasteiger charge is -2.30. The van der Waals surface area contributed by atoms with E-state index in [0.717, 1.165) is 17.6 Å². The molecule has 0 N–H and O–H groups in total. The van der Waals surface area contributed by atoms with Crippen molar-refractivity contribution in [2.24, 2.45) is 0 Å². The number of rotatable bonds is 6. The van der Waals surface area contributed by atoms with E-state index in [0.29, 0.717) is 10.9 Å². The number of hydrogen-bond acceptors (Lipinski definition) is 3. The zero-order valence-electron chi connectivity index (χ0n) is 12.6. The SMILES string of the molecule is CN(C)S(=O)(=O)c1ccc(N(CCBr)C2CCCC2)cc1. The van der Waals surface area contributed by atoms with Gasteiger partial charge in [0.1, 0.15) is 0 Å². The fourth-order valence-corrected chi connectivity index (χ4v) is 4.13. The lowest BCUT2D eigenvalue weighted by atomic mass is 10.2. The van der Waals surface area contributed by atoms with Crippen LogP contribution in [0.15, 0.2) is 29.2 Å². The molecule has 1 aliphatic rings. The van der Waals surface area contributed by atoms with Crippen LogP contribution in [0.25, 0.3) is 0 Å². The van der Waals surface area contributed by atoms with Gasteiger partial charge < -0.3 is 4.90 Å². The van der Waals surface area contributed by atoms with Gasteiger partial charge in [0, 0.05) is 37.7 Å². The number of hydrogen-bond donors (Lipinski definition) is 0. The summed E-state index contributed by atoms with van der Waals surface area (Å²) in [6, 6.07) is 7.86. The first-order valence-electron chi connectivity index (χ1n) is 7.32. The molecule has 0 aliphatic heterocycles. The van der Waals surface area contributed by atoms with Crippen LogP contribution in [0.1, 0.15) is 25.7 Å². The number of alkyl halides is 1. The standard InChI is InChI=1S/C15H23BrN2O2S/c1-17(2)21(19,20)15-9-7-14(8-10-15)18(12-11-16)13-5-3-4-6-13/h7-10,13H,3-6,11-12H2,1-2H3. The number of sulfonamides is 1. The molecule has 0 atom stereocenters. The summed E-state index contributed by atoms with van der Waals surface area (Å²) in [6.45, 7) is 0.949. The Labute approximate surface area is 136 Å². The first kappa shape index (κ1) is 16.8. The fraction of sp³-hybridized carbons (Fsp3) is 0.600. The number of benzene rings is 1. The van der Waals surface area contributed by atoms with Crippen LogP contribution in [-0.4, -0.2) is 44.7 Å². The van der Waals surface area contributed by atoms with E-state index in [2.05, 4.69) is 20.8 Å². The van der Waals surface area contributed by atoms with Crippen molar-refractivity contribution < 1.29 is 8.42 Å². The summed E-state index contributed by atoms with van der Waals surface area (Å²) in [6.07, 6.45) is 5.03. The lowest BCUT2D eigenvalue weighted by molar-refractivity contribution is 0.520. The summed E-state index contributed by atoms with van der Waals surface area (Å²) in [7, 11) is -0.236. The molecule has 0 heterocycles. The third kappa shape index (κ3) is 3.79. The molecule has 118 valence electrons. The largest absolute Gasteiger partial charge is 0.368 e. The normalized spacial score (nSPS) is 16.6. The molecule has 0 spiro atoms. The number of halogens is 1. The van der Waals surface area contributed by atoms with Crippen molar-refractivity contribution in [3.05, 3.63) is 24.3 Å². The molecule has 1 aromatic carbocycles. The second-order valence-corrected chi connectivity index (χ2v) is 8.55. The van der Waals surface area contributed by atoms with E-state index in [4.69, 9.17) is 0 Å². The van der Waals surface area contributed by atoms with E-state index < -0.39 is 10.0 Å². The van der Waals surface area contributed by atoms with E-state index in [1.165, 1.54) is 30.0 Å². The van der Waals surface area contributed by atoms with Crippen molar-refractivity contribution >= 4 is 31.6 Å². The van der Waals surface area contributed by atoms with E-state index in [1.807, 2.05) is 12.1 Å². The minimum absolute atomic E-state index is 0.349. The summed E-state index contributed by atoms with van der Waals surface area (Å²) >= 11 is 3.52. The minimum atomic E-state index is -3.35. The van der Waals surface area contributed by atoms with Crippen molar-refractivity contribution in [2.75, 3.05) is 30.9 Å². The van der Waals surface area contributed by atoms with E-state index >= 15 is 0 Å².